The number of hydrogen-bond donors (Lipinski definition) is 0. The first-order valence-corrected chi connectivity index (χ1v) is 9.21. The molecule has 154 valence electrons. The summed E-state index contributed by atoms with van der Waals surface area (Å²) in [6.45, 7) is 3.78. The highest BCUT2D eigenvalue weighted by molar-refractivity contribution is 5.96. The highest BCUT2D eigenvalue weighted by atomic mass is 16.5. The van der Waals surface area contributed by atoms with Crippen LogP contribution in [0, 0.1) is 13.8 Å². The molecule has 1 heterocycles. The van der Waals surface area contributed by atoms with E-state index in [-0.39, 0.29) is 23.3 Å². The van der Waals surface area contributed by atoms with E-state index in [2.05, 4.69) is 4.98 Å². The predicted molar refractivity (Wildman–Crippen MR) is 110 cm³/mol. The van der Waals surface area contributed by atoms with Gasteiger partial charge in [-0.05, 0) is 49.2 Å². The van der Waals surface area contributed by atoms with E-state index in [1.807, 2.05) is 38.1 Å². The number of pyridine rings is 1. The second-order valence-corrected chi connectivity index (χ2v) is 6.70. The first-order chi connectivity index (χ1) is 14.3. The van der Waals surface area contributed by atoms with Crippen molar-refractivity contribution in [2.24, 2.45) is 0 Å². The molecule has 7 heteroatoms. The van der Waals surface area contributed by atoms with E-state index in [1.165, 1.54) is 32.4 Å². The summed E-state index contributed by atoms with van der Waals surface area (Å²) in [4.78, 5) is 41.0. The van der Waals surface area contributed by atoms with Crippen LogP contribution in [0.5, 0.6) is 5.75 Å². The number of carbonyl (C=O) groups excluding carboxylic acids is 3. The van der Waals surface area contributed by atoms with Crippen LogP contribution in [-0.2, 0) is 20.7 Å². The lowest BCUT2D eigenvalue weighted by atomic mass is 9.99. The summed E-state index contributed by atoms with van der Waals surface area (Å²) in [5, 5.41) is 0.964. The summed E-state index contributed by atoms with van der Waals surface area (Å²) >= 11 is 0. The Morgan fingerprint density at radius 1 is 0.900 bits per heavy atom. The molecule has 0 aliphatic heterocycles. The second-order valence-electron chi connectivity index (χ2n) is 6.70. The molecule has 0 radical (unpaired) electrons. The molecule has 0 saturated heterocycles. The van der Waals surface area contributed by atoms with Gasteiger partial charge in [0, 0.05) is 11.1 Å². The molecule has 7 nitrogen and oxygen atoms in total. The third kappa shape index (κ3) is 4.30. The maximum absolute atomic E-state index is 12.6. The molecule has 3 aromatic rings. The van der Waals surface area contributed by atoms with Gasteiger partial charge in [-0.25, -0.2) is 9.59 Å². The van der Waals surface area contributed by atoms with Gasteiger partial charge in [0.05, 0.1) is 37.3 Å². The number of aromatic nitrogens is 1. The molecule has 0 aliphatic rings. The minimum atomic E-state index is -0.663. The minimum Gasteiger partial charge on any atom is -0.465 e. The molecule has 0 fully saturated rings. The van der Waals surface area contributed by atoms with Gasteiger partial charge in [0.1, 0.15) is 5.75 Å². The maximum atomic E-state index is 12.6. The Morgan fingerprint density at radius 3 is 2.10 bits per heavy atom. The molecular weight excluding hydrogens is 386 g/mol. The van der Waals surface area contributed by atoms with Gasteiger partial charge < -0.3 is 14.2 Å². The number of hydrogen-bond acceptors (Lipinski definition) is 7. The van der Waals surface area contributed by atoms with E-state index in [0.717, 1.165) is 27.7 Å². The van der Waals surface area contributed by atoms with Crippen LogP contribution in [0.25, 0.3) is 10.9 Å². The van der Waals surface area contributed by atoms with Gasteiger partial charge in [-0.3, -0.25) is 9.78 Å². The SMILES string of the molecule is COC(=O)c1cc(OC(=O)Cc2c(C)nc3ccccc3c2C)cc(C(=O)OC)c1. The zero-order valence-corrected chi connectivity index (χ0v) is 17.1. The summed E-state index contributed by atoms with van der Waals surface area (Å²) in [5.74, 6) is -1.82. The van der Waals surface area contributed by atoms with Crippen molar-refractivity contribution in [3.63, 3.8) is 0 Å². The fourth-order valence-electron chi connectivity index (χ4n) is 3.27. The van der Waals surface area contributed by atoms with Crippen molar-refractivity contribution in [1.82, 2.24) is 4.98 Å². The molecule has 0 spiro atoms. The van der Waals surface area contributed by atoms with Crippen LogP contribution >= 0.6 is 0 Å². The summed E-state index contributed by atoms with van der Waals surface area (Å²) in [6.07, 6.45) is -0.00842. The maximum Gasteiger partial charge on any atom is 0.338 e. The van der Waals surface area contributed by atoms with Gasteiger partial charge in [0.25, 0.3) is 0 Å². The molecule has 1 aromatic heterocycles. The molecule has 0 atom stereocenters. The Hall–Kier alpha value is -3.74. The van der Waals surface area contributed by atoms with Crippen molar-refractivity contribution < 1.29 is 28.6 Å². The van der Waals surface area contributed by atoms with E-state index in [9.17, 15) is 14.4 Å². The normalized spacial score (nSPS) is 10.5. The lowest BCUT2D eigenvalue weighted by molar-refractivity contribution is -0.133. The Morgan fingerprint density at radius 2 is 1.50 bits per heavy atom. The van der Waals surface area contributed by atoms with Gasteiger partial charge in [0.15, 0.2) is 0 Å². The summed E-state index contributed by atoms with van der Waals surface area (Å²) < 4.78 is 14.8. The Labute approximate surface area is 173 Å². The van der Waals surface area contributed by atoms with Gasteiger partial charge in [-0.2, -0.15) is 0 Å². The lowest BCUT2D eigenvalue weighted by Crippen LogP contribution is -2.15. The van der Waals surface area contributed by atoms with Crippen molar-refractivity contribution in [3.05, 3.63) is 70.4 Å². The largest absolute Gasteiger partial charge is 0.465 e. The summed E-state index contributed by atoms with van der Waals surface area (Å²) in [6, 6.07) is 11.7. The van der Waals surface area contributed by atoms with Crippen LogP contribution in [0.2, 0.25) is 0 Å². The van der Waals surface area contributed by atoms with Crippen LogP contribution in [-0.4, -0.2) is 37.1 Å². The first-order valence-electron chi connectivity index (χ1n) is 9.21. The number of fused-ring (bicyclic) bond motifs is 1. The van der Waals surface area contributed by atoms with Crippen molar-refractivity contribution in [1.29, 1.82) is 0 Å². The molecule has 0 bridgehead atoms. The van der Waals surface area contributed by atoms with Crippen LogP contribution < -0.4 is 4.74 Å². The number of benzene rings is 2. The van der Waals surface area contributed by atoms with Crippen molar-refractivity contribution in [2.75, 3.05) is 14.2 Å². The zero-order valence-electron chi connectivity index (χ0n) is 17.1. The molecule has 0 amide bonds. The van der Waals surface area contributed by atoms with Crippen LogP contribution in [0.3, 0.4) is 0 Å². The van der Waals surface area contributed by atoms with Gasteiger partial charge in [-0.15, -0.1) is 0 Å². The third-order valence-electron chi connectivity index (χ3n) is 4.79. The highest BCUT2D eigenvalue weighted by Crippen LogP contribution is 2.24. The molecule has 2 aromatic carbocycles. The van der Waals surface area contributed by atoms with Crippen molar-refractivity contribution in [2.45, 2.75) is 20.3 Å². The number of para-hydroxylation sites is 1. The smallest absolute Gasteiger partial charge is 0.338 e. The molecule has 3 rings (SSSR count). The number of nitrogens with zero attached hydrogens (tertiary/aromatic N) is 1. The Bertz CT molecular complexity index is 1120. The number of esters is 3. The molecule has 30 heavy (non-hydrogen) atoms. The van der Waals surface area contributed by atoms with E-state index >= 15 is 0 Å². The first kappa shape index (κ1) is 21.0. The third-order valence-corrected chi connectivity index (χ3v) is 4.79. The number of rotatable bonds is 5. The van der Waals surface area contributed by atoms with E-state index in [0.29, 0.717) is 0 Å². The molecule has 0 saturated carbocycles. The van der Waals surface area contributed by atoms with Crippen LogP contribution in [0.1, 0.15) is 37.5 Å². The Kier molecular flexibility index (Phi) is 6.11. The lowest BCUT2D eigenvalue weighted by Gasteiger charge is -2.13. The average Bonchev–Trinajstić information content (AvgIpc) is 2.75. The highest BCUT2D eigenvalue weighted by Gasteiger charge is 2.18. The fourth-order valence-corrected chi connectivity index (χ4v) is 3.27. The number of carbonyl (C=O) groups is 3. The number of ether oxygens (including phenoxy) is 3. The molecule has 0 aliphatic carbocycles. The monoisotopic (exact) mass is 407 g/mol. The molecule has 0 N–H and O–H groups in total. The number of aryl methyl sites for hydroxylation is 2. The topological polar surface area (TPSA) is 91.8 Å². The van der Waals surface area contributed by atoms with Crippen molar-refractivity contribution >= 4 is 28.8 Å². The zero-order chi connectivity index (χ0) is 21.8. The summed E-state index contributed by atoms with van der Waals surface area (Å²) in [5.41, 5.74) is 3.47. The van der Waals surface area contributed by atoms with E-state index in [1.54, 1.807) is 0 Å². The van der Waals surface area contributed by atoms with Crippen LogP contribution in [0.4, 0.5) is 0 Å². The van der Waals surface area contributed by atoms with Crippen LogP contribution in [0.15, 0.2) is 42.5 Å². The van der Waals surface area contributed by atoms with Gasteiger partial charge in [0.2, 0.25) is 0 Å². The quantitative estimate of drug-likeness (QED) is 0.472. The van der Waals surface area contributed by atoms with E-state index in [4.69, 9.17) is 14.2 Å². The van der Waals surface area contributed by atoms with E-state index < -0.39 is 17.9 Å². The molecule has 0 unspecified atom stereocenters. The minimum absolute atomic E-state index is 0.00842. The Balaban J connectivity index is 1.90. The van der Waals surface area contributed by atoms with Gasteiger partial charge in [-0.1, -0.05) is 18.2 Å². The second kappa shape index (κ2) is 8.73. The van der Waals surface area contributed by atoms with Crippen molar-refractivity contribution in [3.8, 4) is 5.75 Å². The predicted octanol–water partition coefficient (Wildman–Crippen LogP) is 3.57. The van der Waals surface area contributed by atoms with Gasteiger partial charge >= 0.3 is 17.9 Å². The fraction of sp³-hybridized carbons (Fsp3) is 0.217. The standard InChI is InChI=1S/C23H21NO6/c1-13-18-7-5-6-8-20(18)24-14(2)19(13)12-21(25)30-17-10-15(22(26)28-3)9-16(11-17)23(27)29-4/h5-11H,12H2,1-4H3. The number of methoxy groups -OCH3 is 2. The molecular formula is C23H21NO6. The average molecular weight is 407 g/mol. The summed E-state index contributed by atoms with van der Waals surface area (Å²) in [7, 11) is 2.44.